The Bertz CT molecular complexity index is 255. The summed E-state index contributed by atoms with van der Waals surface area (Å²) in [4.78, 5) is 11.0. The minimum Gasteiger partial charge on any atom is -0.352 e. The van der Waals surface area contributed by atoms with Gasteiger partial charge in [-0.2, -0.15) is 0 Å². The first-order chi connectivity index (χ1) is 8.24. The van der Waals surface area contributed by atoms with Gasteiger partial charge in [0.25, 0.3) is 0 Å². The van der Waals surface area contributed by atoms with Crippen LogP contribution < -0.4 is 10.6 Å². The second-order valence-corrected chi connectivity index (χ2v) is 5.93. The second kappa shape index (κ2) is 6.39. The van der Waals surface area contributed by atoms with Crippen molar-refractivity contribution >= 4 is 5.91 Å². The monoisotopic (exact) mass is 238 g/mol. The van der Waals surface area contributed by atoms with E-state index < -0.39 is 0 Å². The zero-order valence-electron chi connectivity index (χ0n) is 11.0. The molecule has 2 N–H and O–H groups in total. The first-order valence-corrected chi connectivity index (χ1v) is 7.24. The number of hydrogen-bond acceptors (Lipinski definition) is 2. The van der Waals surface area contributed by atoms with E-state index in [4.69, 9.17) is 0 Å². The molecular weight excluding hydrogens is 212 g/mol. The molecule has 1 heterocycles. The molecule has 3 heteroatoms. The van der Waals surface area contributed by atoms with E-state index in [-0.39, 0.29) is 5.91 Å². The number of hydrogen-bond donors (Lipinski definition) is 2. The minimum atomic E-state index is 0.220. The van der Waals surface area contributed by atoms with Gasteiger partial charge in [-0.25, -0.2) is 0 Å². The van der Waals surface area contributed by atoms with E-state index in [0.29, 0.717) is 12.5 Å². The van der Waals surface area contributed by atoms with Crippen molar-refractivity contribution in [2.75, 3.05) is 13.1 Å². The molecule has 0 radical (unpaired) electrons. The summed E-state index contributed by atoms with van der Waals surface area (Å²) in [6.07, 6.45) is 8.72. The van der Waals surface area contributed by atoms with Crippen LogP contribution in [-0.4, -0.2) is 25.0 Å². The Labute approximate surface area is 105 Å². The van der Waals surface area contributed by atoms with E-state index in [1.807, 2.05) is 0 Å². The summed E-state index contributed by atoms with van der Waals surface area (Å²) in [5.41, 5.74) is 0. The molecule has 2 rings (SSSR count). The number of carbonyl (C=O) groups excluding carboxylic acids is 1. The maximum atomic E-state index is 11.0. The third kappa shape index (κ3) is 4.30. The lowest BCUT2D eigenvalue weighted by molar-refractivity contribution is -0.119. The molecule has 1 saturated heterocycles. The van der Waals surface area contributed by atoms with E-state index in [2.05, 4.69) is 17.6 Å². The Morgan fingerprint density at radius 1 is 1.35 bits per heavy atom. The second-order valence-electron chi connectivity index (χ2n) is 5.93. The molecule has 1 aliphatic carbocycles. The topological polar surface area (TPSA) is 41.1 Å². The fourth-order valence-electron chi connectivity index (χ4n) is 3.23. The zero-order chi connectivity index (χ0) is 12.1. The molecule has 3 atom stereocenters. The summed E-state index contributed by atoms with van der Waals surface area (Å²) in [6, 6.07) is 0.382. The van der Waals surface area contributed by atoms with Gasteiger partial charge in [-0.05, 0) is 37.6 Å². The van der Waals surface area contributed by atoms with Crippen LogP contribution in [-0.2, 0) is 4.79 Å². The number of rotatable bonds is 5. The van der Waals surface area contributed by atoms with E-state index in [0.717, 1.165) is 31.3 Å². The zero-order valence-corrected chi connectivity index (χ0v) is 11.0. The highest BCUT2D eigenvalue weighted by atomic mass is 16.1. The summed E-state index contributed by atoms with van der Waals surface area (Å²) < 4.78 is 0. The minimum absolute atomic E-state index is 0.220. The van der Waals surface area contributed by atoms with Crippen molar-refractivity contribution in [3.63, 3.8) is 0 Å². The van der Waals surface area contributed by atoms with Crippen molar-refractivity contribution in [3.8, 4) is 0 Å². The molecular formula is C14H26N2O. The average Bonchev–Trinajstić information content (AvgIpc) is 2.71. The van der Waals surface area contributed by atoms with Crippen LogP contribution in [0.1, 0.15) is 51.9 Å². The van der Waals surface area contributed by atoms with Gasteiger partial charge in [0, 0.05) is 19.0 Å². The summed E-state index contributed by atoms with van der Waals surface area (Å²) in [5, 5.41) is 6.49. The summed E-state index contributed by atoms with van der Waals surface area (Å²) in [5.74, 6) is 2.09. The van der Waals surface area contributed by atoms with Crippen molar-refractivity contribution in [1.82, 2.24) is 10.6 Å². The Morgan fingerprint density at radius 2 is 2.24 bits per heavy atom. The summed E-state index contributed by atoms with van der Waals surface area (Å²) in [7, 11) is 0. The fourth-order valence-corrected chi connectivity index (χ4v) is 3.23. The van der Waals surface area contributed by atoms with Gasteiger partial charge in [0.05, 0.1) is 0 Å². The summed E-state index contributed by atoms with van der Waals surface area (Å²) in [6.45, 7) is 4.45. The maximum Gasteiger partial charge on any atom is 0.220 e. The lowest BCUT2D eigenvalue weighted by Crippen LogP contribution is -2.36. The number of carbonyl (C=O) groups is 1. The normalized spacial score (nSPS) is 33.7. The highest BCUT2D eigenvalue weighted by molar-refractivity contribution is 5.78. The van der Waals surface area contributed by atoms with Gasteiger partial charge in [0.1, 0.15) is 0 Å². The molecule has 2 aliphatic rings. The Morgan fingerprint density at radius 3 is 2.94 bits per heavy atom. The average molecular weight is 238 g/mol. The molecule has 0 spiro atoms. The van der Waals surface area contributed by atoms with Gasteiger partial charge in [-0.15, -0.1) is 0 Å². The molecule has 0 aromatic heterocycles. The van der Waals surface area contributed by atoms with Crippen molar-refractivity contribution in [1.29, 1.82) is 0 Å². The lowest BCUT2D eigenvalue weighted by Gasteiger charge is -2.26. The quantitative estimate of drug-likeness (QED) is 0.720. The van der Waals surface area contributed by atoms with Gasteiger partial charge in [-0.1, -0.05) is 26.2 Å². The van der Waals surface area contributed by atoms with Crippen LogP contribution in [0.15, 0.2) is 0 Å². The van der Waals surface area contributed by atoms with Crippen LogP contribution in [0.3, 0.4) is 0 Å². The molecule has 0 bridgehead atoms. The highest BCUT2D eigenvalue weighted by Crippen LogP contribution is 2.30. The van der Waals surface area contributed by atoms with Crippen molar-refractivity contribution in [3.05, 3.63) is 0 Å². The molecule has 0 aromatic carbocycles. The van der Waals surface area contributed by atoms with Crippen LogP contribution >= 0.6 is 0 Å². The van der Waals surface area contributed by atoms with Gasteiger partial charge in [0.2, 0.25) is 5.91 Å². The van der Waals surface area contributed by atoms with Crippen molar-refractivity contribution in [2.45, 2.75) is 57.9 Å². The molecule has 1 aliphatic heterocycles. The molecule has 2 fully saturated rings. The van der Waals surface area contributed by atoms with Crippen LogP contribution in [0.2, 0.25) is 0 Å². The lowest BCUT2D eigenvalue weighted by atomic mass is 9.81. The Balaban J connectivity index is 1.52. The van der Waals surface area contributed by atoms with Crippen LogP contribution in [0, 0.1) is 11.8 Å². The molecule has 3 nitrogen and oxygen atoms in total. The SMILES string of the molecule is CC1CCCC(CCNCC2CCC(=O)N2)C1. The van der Waals surface area contributed by atoms with E-state index >= 15 is 0 Å². The first kappa shape index (κ1) is 12.9. The van der Waals surface area contributed by atoms with Crippen LogP contribution in [0.5, 0.6) is 0 Å². The van der Waals surface area contributed by atoms with Crippen molar-refractivity contribution in [2.24, 2.45) is 11.8 Å². The predicted octanol–water partition coefficient (Wildman–Crippen LogP) is 2.07. The van der Waals surface area contributed by atoms with Gasteiger partial charge in [-0.3, -0.25) is 4.79 Å². The van der Waals surface area contributed by atoms with E-state index in [1.54, 1.807) is 0 Å². The number of amides is 1. The largest absolute Gasteiger partial charge is 0.352 e. The fraction of sp³-hybridized carbons (Fsp3) is 0.929. The van der Waals surface area contributed by atoms with Gasteiger partial charge < -0.3 is 10.6 Å². The van der Waals surface area contributed by atoms with Gasteiger partial charge in [0.15, 0.2) is 0 Å². The first-order valence-electron chi connectivity index (χ1n) is 7.24. The predicted molar refractivity (Wildman–Crippen MR) is 69.8 cm³/mol. The number of nitrogens with one attached hydrogen (secondary N) is 2. The molecule has 3 unspecified atom stereocenters. The van der Waals surface area contributed by atoms with E-state index in [1.165, 1.54) is 32.1 Å². The van der Waals surface area contributed by atoms with Crippen LogP contribution in [0.4, 0.5) is 0 Å². The third-order valence-corrected chi connectivity index (χ3v) is 4.25. The van der Waals surface area contributed by atoms with Gasteiger partial charge >= 0.3 is 0 Å². The Kier molecular flexibility index (Phi) is 4.84. The third-order valence-electron chi connectivity index (χ3n) is 4.25. The smallest absolute Gasteiger partial charge is 0.220 e. The van der Waals surface area contributed by atoms with Crippen LogP contribution in [0.25, 0.3) is 0 Å². The highest BCUT2D eigenvalue weighted by Gasteiger charge is 2.21. The standard InChI is InChI=1S/C14H26N2O/c1-11-3-2-4-12(9-11)7-8-15-10-13-5-6-14(17)16-13/h11-13,15H,2-10H2,1H3,(H,16,17). The van der Waals surface area contributed by atoms with E-state index in [9.17, 15) is 4.79 Å². The Hall–Kier alpha value is -0.570. The molecule has 0 aromatic rings. The molecule has 98 valence electrons. The molecule has 1 saturated carbocycles. The van der Waals surface area contributed by atoms with Crippen molar-refractivity contribution < 1.29 is 4.79 Å². The maximum absolute atomic E-state index is 11.0. The molecule has 1 amide bonds. The molecule has 17 heavy (non-hydrogen) atoms. The summed E-state index contributed by atoms with van der Waals surface area (Å²) >= 11 is 0.